The van der Waals surface area contributed by atoms with Crippen LogP contribution in [0.25, 0.3) is 5.69 Å². The summed E-state index contributed by atoms with van der Waals surface area (Å²) in [5, 5.41) is 4.34. The zero-order valence-corrected chi connectivity index (χ0v) is 25.5. The zero-order chi connectivity index (χ0) is 31.1. The number of methoxy groups -OCH3 is 1. The molecule has 1 fully saturated rings. The lowest BCUT2D eigenvalue weighted by Gasteiger charge is -2.30. The molecule has 1 aliphatic heterocycles. The van der Waals surface area contributed by atoms with E-state index in [2.05, 4.69) is 5.32 Å². The van der Waals surface area contributed by atoms with E-state index in [4.69, 9.17) is 14.5 Å². The van der Waals surface area contributed by atoms with Crippen molar-refractivity contribution in [2.45, 2.75) is 68.1 Å². The summed E-state index contributed by atoms with van der Waals surface area (Å²) in [6.45, 7) is 1.95. The lowest BCUT2D eigenvalue weighted by atomic mass is 10.0. The number of amides is 1. The van der Waals surface area contributed by atoms with Gasteiger partial charge < -0.3 is 19.7 Å². The molecule has 12 heteroatoms. The molecule has 2 aromatic carbocycles. The molecule has 2 heterocycles. The Labute approximate surface area is 259 Å². The Morgan fingerprint density at radius 2 is 1.89 bits per heavy atom. The summed E-state index contributed by atoms with van der Waals surface area (Å²) >= 11 is 1.66. The summed E-state index contributed by atoms with van der Waals surface area (Å²) in [4.78, 5) is 33.6. The summed E-state index contributed by atoms with van der Waals surface area (Å²) in [7, 11) is 1.59. The molecule has 0 spiro atoms. The average Bonchev–Trinajstić information content (AvgIpc) is 3.00. The number of hydrogen-bond donors (Lipinski definition) is 1. The van der Waals surface area contributed by atoms with E-state index in [0.717, 1.165) is 49.9 Å². The van der Waals surface area contributed by atoms with Gasteiger partial charge in [0.25, 0.3) is 5.56 Å². The molecule has 1 N–H and O–H groups in total. The molecule has 0 atom stereocenters. The number of aromatic nitrogens is 2. The summed E-state index contributed by atoms with van der Waals surface area (Å²) in [5.41, 5.74) is 1.18. The van der Waals surface area contributed by atoms with Gasteiger partial charge in [0.15, 0.2) is 5.16 Å². The van der Waals surface area contributed by atoms with Crippen molar-refractivity contribution >= 4 is 17.7 Å². The molecule has 44 heavy (non-hydrogen) atoms. The molecule has 1 aromatic heterocycles. The lowest BCUT2D eigenvalue weighted by molar-refractivity contribution is -0.137. The Bertz CT molecular complexity index is 1490. The predicted octanol–water partition coefficient (Wildman–Crippen LogP) is 5.63. The van der Waals surface area contributed by atoms with Gasteiger partial charge >= 0.3 is 6.18 Å². The standard InChI is InChI=1S/C32H37F3N4O4S/c1-42-25-8-5-7-23(19-25)39-30(41)27-21-38(17-15-28(27)37-31(39)44-26-9-6-10-26)29(40)20-36-16-3-2-4-18-43-24-13-11-22(12-14-24)32(33,34)35/h5,7-8,11-14,19,26,36H,2-4,6,9-10,15-18,20-21H2,1H3. The quantitative estimate of drug-likeness (QED) is 0.194. The Hall–Kier alpha value is -3.51. The Balaban J connectivity index is 1.10. The van der Waals surface area contributed by atoms with Gasteiger partial charge in [0.2, 0.25) is 5.91 Å². The van der Waals surface area contributed by atoms with Crippen LogP contribution in [0.4, 0.5) is 13.2 Å². The minimum Gasteiger partial charge on any atom is -0.497 e. The topological polar surface area (TPSA) is 85.7 Å². The van der Waals surface area contributed by atoms with E-state index in [-0.39, 0.29) is 24.6 Å². The van der Waals surface area contributed by atoms with Gasteiger partial charge in [0.05, 0.1) is 49.3 Å². The maximum atomic E-state index is 13.9. The Morgan fingerprint density at radius 1 is 1.09 bits per heavy atom. The van der Waals surface area contributed by atoms with Crippen LogP contribution < -0.4 is 20.3 Å². The van der Waals surface area contributed by atoms with Crippen LogP contribution >= 0.6 is 11.8 Å². The fourth-order valence-corrected chi connectivity index (χ4v) is 6.45. The van der Waals surface area contributed by atoms with Crippen LogP contribution in [-0.2, 0) is 23.9 Å². The molecule has 1 aliphatic carbocycles. The predicted molar refractivity (Wildman–Crippen MR) is 163 cm³/mol. The van der Waals surface area contributed by atoms with E-state index in [1.165, 1.54) is 18.6 Å². The number of carbonyl (C=O) groups excluding carboxylic acids is 1. The number of nitrogens with zero attached hydrogens (tertiary/aromatic N) is 3. The fourth-order valence-electron chi connectivity index (χ4n) is 5.13. The molecule has 0 unspecified atom stereocenters. The first kappa shape index (κ1) is 31.9. The highest BCUT2D eigenvalue weighted by Crippen LogP contribution is 2.37. The third-order valence-electron chi connectivity index (χ3n) is 7.91. The van der Waals surface area contributed by atoms with Crippen molar-refractivity contribution < 1.29 is 27.4 Å². The molecule has 5 rings (SSSR count). The molecule has 0 bridgehead atoms. The van der Waals surface area contributed by atoms with Gasteiger partial charge in [-0.3, -0.25) is 14.2 Å². The SMILES string of the molecule is COc1cccc(-n2c(SC3CCC3)nc3c(c2=O)CN(C(=O)CNCCCCCOc2ccc(C(F)(F)F)cc2)CC3)c1. The molecule has 236 valence electrons. The van der Waals surface area contributed by atoms with Gasteiger partial charge in [-0.15, -0.1) is 0 Å². The van der Waals surface area contributed by atoms with E-state index in [0.29, 0.717) is 59.3 Å². The first-order valence-corrected chi connectivity index (χ1v) is 15.9. The van der Waals surface area contributed by atoms with E-state index in [1.807, 2.05) is 24.3 Å². The van der Waals surface area contributed by atoms with Gasteiger partial charge in [0, 0.05) is 24.3 Å². The number of hydrogen-bond acceptors (Lipinski definition) is 7. The maximum Gasteiger partial charge on any atom is 0.416 e. The van der Waals surface area contributed by atoms with Gasteiger partial charge in [-0.2, -0.15) is 13.2 Å². The van der Waals surface area contributed by atoms with E-state index < -0.39 is 11.7 Å². The fraction of sp³-hybridized carbons (Fsp3) is 0.469. The van der Waals surface area contributed by atoms with Crippen molar-refractivity contribution in [2.75, 3.05) is 33.4 Å². The number of fused-ring (bicyclic) bond motifs is 1. The van der Waals surface area contributed by atoms with Crippen LogP contribution in [0.2, 0.25) is 0 Å². The number of carbonyl (C=O) groups is 1. The number of unbranched alkanes of at least 4 members (excludes halogenated alkanes) is 2. The minimum absolute atomic E-state index is 0.0680. The van der Waals surface area contributed by atoms with E-state index in [1.54, 1.807) is 28.3 Å². The molecular weight excluding hydrogens is 593 g/mol. The monoisotopic (exact) mass is 630 g/mol. The minimum atomic E-state index is -4.36. The Morgan fingerprint density at radius 3 is 2.59 bits per heavy atom. The summed E-state index contributed by atoms with van der Waals surface area (Å²) in [6, 6.07) is 12.1. The molecule has 1 amide bonds. The molecule has 3 aromatic rings. The highest BCUT2D eigenvalue weighted by atomic mass is 32.2. The van der Waals surface area contributed by atoms with Crippen molar-refractivity contribution in [3.8, 4) is 17.2 Å². The summed E-state index contributed by atoms with van der Waals surface area (Å²) in [6.07, 6.45) is 2.00. The molecule has 8 nitrogen and oxygen atoms in total. The molecular formula is C32H37F3N4O4S. The van der Waals surface area contributed by atoms with Crippen LogP contribution in [0.15, 0.2) is 58.5 Å². The van der Waals surface area contributed by atoms with Crippen molar-refractivity contribution in [1.82, 2.24) is 19.8 Å². The van der Waals surface area contributed by atoms with Crippen LogP contribution in [0, 0.1) is 0 Å². The first-order valence-electron chi connectivity index (χ1n) is 15.0. The summed E-state index contributed by atoms with van der Waals surface area (Å²) < 4.78 is 50.6. The number of rotatable bonds is 13. The number of ether oxygens (including phenoxy) is 2. The number of alkyl halides is 3. The smallest absolute Gasteiger partial charge is 0.416 e. The number of benzene rings is 2. The highest BCUT2D eigenvalue weighted by Gasteiger charge is 2.30. The largest absolute Gasteiger partial charge is 0.497 e. The van der Waals surface area contributed by atoms with Crippen molar-refractivity contribution in [3.63, 3.8) is 0 Å². The second kappa shape index (κ2) is 14.5. The van der Waals surface area contributed by atoms with Crippen LogP contribution in [0.3, 0.4) is 0 Å². The van der Waals surface area contributed by atoms with Gasteiger partial charge in [0.1, 0.15) is 11.5 Å². The zero-order valence-electron chi connectivity index (χ0n) is 24.7. The number of halogens is 3. The van der Waals surface area contributed by atoms with Gasteiger partial charge in [-0.1, -0.05) is 24.2 Å². The van der Waals surface area contributed by atoms with Gasteiger partial charge in [-0.05, 0) is 75.0 Å². The molecule has 1 saturated carbocycles. The van der Waals surface area contributed by atoms with Crippen LogP contribution in [0.5, 0.6) is 11.5 Å². The van der Waals surface area contributed by atoms with Crippen LogP contribution in [-0.4, -0.2) is 59.0 Å². The van der Waals surface area contributed by atoms with Crippen molar-refractivity contribution in [1.29, 1.82) is 0 Å². The van der Waals surface area contributed by atoms with Crippen molar-refractivity contribution in [2.24, 2.45) is 0 Å². The highest BCUT2D eigenvalue weighted by molar-refractivity contribution is 7.99. The second-order valence-corrected chi connectivity index (χ2v) is 12.3. The third-order valence-corrected chi connectivity index (χ3v) is 9.20. The normalized spacial score (nSPS) is 15.0. The third kappa shape index (κ3) is 7.95. The summed E-state index contributed by atoms with van der Waals surface area (Å²) in [5.74, 6) is 0.992. The second-order valence-electron chi connectivity index (χ2n) is 11.0. The van der Waals surface area contributed by atoms with Gasteiger partial charge in [-0.25, -0.2) is 4.98 Å². The Kier molecular flexibility index (Phi) is 10.5. The molecule has 2 aliphatic rings. The average molecular weight is 631 g/mol. The maximum absolute atomic E-state index is 13.9. The number of thioether (sulfide) groups is 1. The van der Waals surface area contributed by atoms with Crippen LogP contribution in [0.1, 0.15) is 55.3 Å². The van der Waals surface area contributed by atoms with E-state index >= 15 is 0 Å². The molecule has 0 saturated heterocycles. The lowest BCUT2D eigenvalue weighted by Crippen LogP contribution is -2.44. The van der Waals surface area contributed by atoms with Crippen molar-refractivity contribution in [3.05, 3.63) is 75.7 Å². The molecule has 0 radical (unpaired) electrons. The van der Waals surface area contributed by atoms with E-state index in [9.17, 15) is 22.8 Å². The first-order chi connectivity index (χ1) is 21.2. The number of nitrogens with one attached hydrogen (secondary N) is 1.